The van der Waals surface area contributed by atoms with Gasteiger partial charge in [0, 0.05) is 18.3 Å². The molecule has 0 bridgehead atoms. The van der Waals surface area contributed by atoms with Crippen molar-refractivity contribution in [2.45, 2.75) is 6.54 Å². The smallest absolute Gasteiger partial charge is 0.256 e. The van der Waals surface area contributed by atoms with Gasteiger partial charge in [-0.3, -0.25) is 4.79 Å². The number of pyridine rings is 1. The van der Waals surface area contributed by atoms with E-state index in [-0.39, 0.29) is 5.56 Å². The number of nitrogens with zero attached hydrogens (tertiary/aromatic N) is 1. The minimum atomic E-state index is -0.452. The van der Waals surface area contributed by atoms with E-state index in [9.17, 15) is 9.18 Å². The lowest BCUT2D eigenvalue weighted by Crippen LogP contribution is -2.13. The molecular formula is C13H12FN3O. The van der Waals surface area contributed by atoms with Crippen molar-refractivity contribution in [3.8, 4) is 0 Å². The minimum absolute atomic E-state index is 0.245. The zero-order valence-electron chi connectivity index (χ0n) is 9.56. The molecule has 3 N–H and O–H groups in total. The summed E-state index contributed by atoms with van der Waals surface area (Å²) in [5.41, 5.74) is 6.60. The summed E-state index contributed by atoms with van der Waals surface area (Å²) in [6.45, 7) is 0.366. The Hall–Kier alpha value is -2.27. The molecule has 0 aliphatic heterocycles. The number of amides is 1. The largest absolute Gasteiger partial charge is 0.326 e. The zero-order chi connectivity index (χ0) is 13.0. The highest BCUT2D eigenvalue weighted by atomic mass is 19.1. The Morgan fingerprint density at radius 1 is 1.33 bits per heavy atom. The molecular weight excluding hydrogens is 233 g/mol. The summed E-state index contributed by atoms with van der Waals surface area (Å²) < 4.78 is 13.0. The molecule has 0 spiro atoms. The van der Waals surface area contributed by atoms with Gasteiger partial charge >= 0.3 is 0 Å². The van der Waals surface area contributed by atoms with Gasteiger partial charge in [0.15, 0.2) is 0 Å². The van der Waals surface area contributed by atoms with Crippen LogP contribution in [0.5, 0.6) is 0 Å². The van der Waals surface area contributed by atoms with Crippen LogP contribution in [0.4, 0.5) is 10.2 Å². The van der Waals surface area contributed by atoms with Crippen molar-refractivity contribution in [2.24, 2.45) is 5.73 Å². The van der Waals surface area contributed by atoms with Crippen LogP contribution in [0.2, 0.25) is 0 Å². The highest BCUT2D eigenvalue weighted by Crippen LogP contribution is 2.09. The second-order valence-electron chi connectivity index (χ2n) is 3.72. The van der Waals surface area contributed by atoms with Crippen molar-refractivity contribution >= 4 is 11.7 Å². The summed E-state index contributed by atoms with van der Waals surface area (Å²) in [6, 6.07) is 8.90. The van der Waals surface area contributed by atoms with E-state index in [4.69, 9.17) is 5.73 Å². The van der Waals surface area contributed by atoms with Gasteiger partial charge in [-0.2, -0.15) is 0 Å². The molecule has 1 aromatic carbocycles. The molecule has 0 atom stereocenters. The molecule has 0 saturated heterocycles. The number of nitrogens with one attached hydrogen (secondary N) is 1. The average molecular weight is 245 g/mol. The first kappa shape index (κ1) is 12.2. The SMILES string of the molecule is NCc1ccnc(NC(=O)c2cccc(F)c2)c1. The number of hydrogen-bond donors (Lipinski definition) is 2. The quantitative estimate of drug-likeness (QED) is 0.868. The Kier molecular flexibility index (Phi) is 3.64. The molecule has 18 heavy (non-hydrogen) atoms. The Labute approximate surface area is 104 Å². The number of carbonyl (C=O) groups excluding carboxylic acids is 1. The molecule has 2 aromatic rings. The number of anilines is 1. The van der Waals surface area contributed by atoms with Crippen LogP contribution in [0.25, 0.3) is 0 Å². The highest BCUT2D eigenvalue weighted by Gasteiger charge is 2.07. The summed E-state index contributed by atoms with van der Waals surface area (Å²) in [6.07, 6.45) is 1.56. The lowest BCUT2D eigenvalue weighted by atomic mass is 10.2. The monoisotopic (exact) mass is 245 g/mol. The standard InChI is InChI=1S/C13H12FN3O/c14-11-3-1-2-10(7-11)13(18)17-12-6-9(8-15)4-5-16-12/h1-7H,8,15H2,(H,16,17,18). The Balaban J connectivity index is 2.16. The number of rotatable bonds is 3. The first-order valence-electron chi connectivity index (χ1n) is 5.41. The van der Waals surface area contributed by atoms with E-state index in [1.165, 1.54) is 24.3 Å². The number of nitrogens with two attached hydrogens (primary N) is 1. The van der Waals surface area contributed by atoms with Gasteiger partial charge in [-0.05, 0) is 35.9 Å². The molecule has 0 saturated carbocycles. The molecule has 92 valence electrons. The van der Waals surface area contributed by atoms with Gasteiger partial charge in [-0.15, -0.1) is 0 Å². The number of aromatic nitrogens is 1. The van der Waals surface area contributed by atoms with Crippen molar-refractivity contribution in [2.75, 3.05) is 5.32 Å². The van der Waals surface area contributed by atoms with E-state index >= 15 is 0 Å². The second-order valence-corrected chi connectivity index (χ2v) is 3.72. The molecule has 4 nitrogen and oxygen atoms in total. The maximum atomic E-state index is 13.0. The topological polar surface area (TPSA) is 68.0 Å². The fraction of sp³-hybridized carbons (Fsp3) is 0.0769. The Morgan fingerprint density at radius 3 is 2.89 bits per heavy atom. The molecule has 0 unspecified atom stereocenters. The van der Waals surface area contributed by atoms with Crippen LogP contribution < -0.4 is 11.1 Å². The summed E-state index contributed by atoms with van der Waals surface area (Å²) in [7, 11) is 0. The molecule has 2 rings (SSSR count). The van der Waals surface area contributed by atoms with Gasteiger partial charge in [-0.1, -0.05) is 6.07 Å². The van der Waals surface area contributed by atoms with Gasteiger partial charge in [-0.25, -0.2) is 9.37 Å². The summed E-state index contributed by atoms with van der Waals surface area (Å²) in [5, 5.41) is 2.59. The average Bonchev–Trinajstić information content (AvgIpc) is 2.39. The van der Waals surface area contributed by atoms with Crippen LogP contribution in [0.15, 0.2) is 42.6 Å². The van der Waals surface area contributed by atoms with Gasteiger partial charge in [0.25, 0.3) is 5.91 Å². The number of hydrogen-bond acceptors (Lipinski definition) is 3. The molecule has 0 fully saturated rings. The van der Waals surface area contributed by atoms with E-state index in [1.807, 2.05) is 0 Å². The molecule has 0 radical (unpaired) electrons. The van der Waals surface area contributed by atoms with Crippen LogP contribution in [-0.2, 0) is 6.54 Å². The number of benzene rings is 1. The van der Waals surface area contributed by atoms with Gasteiger partial charge in [0.05, 0.1) is 0 Å². The zero-order valence-corrected chi connectivity index (χ0v) is 9.56. The van der Waals surface area contributed by atoms with Crippen LogP contribution in [0.1, 0.15) is 15.9 Å². The highest BCUT2D eigenvalue weighted by molar-refractivity contribution is 6.03. The first-order valence-corrected chi connectivity index (χ1v) is 5.41. The van der Waals surface area contributed by atoms with Gasteiger partial charge in [0.1, 0.15) is 11.6 Å². The normalized spacial score (nSPS) is 10.1. The lowest BCUT2D eigenvalue weighted by Gasteiger charge is -2.05. The summed E-state index contributed by atoms with van der Waals surface area (Å²) in [5.74, 6) is -0.463. The Morgan fingerprint density at radius 2 is 2.17 bits per heavy atom. The minimum Gasteiger partial charge on any atom is -0.326 e. The van der Waals surface area contributed by atoms with Crippen molar-refractivity contribution in [3.63, 3.8) is 0 Å². The molecule has 0 aliphatic carbocycles. The maximum absolute atomic E-state index is 13.0. The molecule has 5 heteroatoms. The third-order valence-corrected chi connectivity index (χ3v) is 2.39. The van der Waals surface area contributed by atoms with E-state index in [1.54, 1.807) is 18.3 Å². The van der Waals surface area contributed by atoms with Crippen LogP contribution in [-0.4, -0.2) is 10.9 Å². The van der Waals surface area contributed by atoms with E-state index in [0.717, 1.165) is 5.56 Å². The summed E-state index contributed by atoms with van der Waals surface area (Å²) >= 11 is 0. The van der Waals surface area contributed by atoms with Crippen LogP contribution in [0, 0.1) is 5.82 Å². The Bertz CT molecular complexity index is 572. The van der Waals surface area contributed by atoms with Crippen LogP contribution in [0.3, 0.4) is 0 Å². The number of halogens is 1. The van der Waals surface area contributed by atoms with Crippen molar-refractivity contribution in [1.29, 1.82) is 0 Å². The van der Waals surface area contributed by atoms with Crippen molar-refractivity contribution < 1.29 is 9.18 Å². The fourth-order valence-corrected chi connectivity index (χ4v) is 1.49. The molecule has 1 heterocycles. The molecule has 1 aromatic heterocycles. The first-order chi connectivity index (χ1) is 8.69. The fourth-order valence-electron chi connectivity index (χ4n) is 1.49. The van der Waals surface area contributed by atoms with Crippen molar-refractivity contribution in [3.05, 3.63) is 59.5 Å². The lowest BCUT2D eigenvalue weighted by molar-refractivity contribution is 0.102. The van der Waals surface area contributed by atoms with Crippen molar-refractivity contribution in [1.82, 2.24) is 4.98 Å². The second kappa shape index (κ2) is 5.37. The molecule has 0 aliphatic rings. The third-order valence-electron chi connectivity index (χ3n) is 2.39. The van der Waals surface area contributed by atoms with Crippen LogP contribution >= 0.6 is 0 Å². The van der Waals surface area contributed by atoms with E-state index in [2.05, 4.69) is 10.3 Å². The summed E-state index contributed by atoms with van der Waals surface area (Å²) in [4.78, 5) is 15.8. The van der Waals surface area contributed by atoms with E-state index < -0.39 is 11.7 Å². The van der Waals surface area contributed by atoms with Gasteiger partial charge < -0.3 is 11.1 Å². The molecule has 1 amide bonds. The predicted molar refractivity (Wildman–Crippen MR) is 66.5 cm³/mol. The maximum Gasteiger partial charge on any atom is 0.256 e. The predicted octanol–water partition coefficient (Wildman–Crippen LogP) is 1.93. The number of carbonyl (C=O) groups is 1. The van der Waals surface area contributed by atoms with E-state index in [0.29, 0.717) is 12.4 Å². The van der Waals surface area contributed by atoms with Gasteiger partial charge in [0.2, 0.25) is 0 Å². The third kappa shape index (κ3) is 2.89.